The highest BCUT2D eigenvalue weighted by atomic mass is 16.9. The normalized spacial score (nSPS) is 12.3. The molecular formula is C13H13NO4. The number of benzene rings is 2. The van der Waals surface area contributed by atoms with Gasteiger partial charge in [-0.2, -0.15) is 0 Å². The molecule has 2 aromatic carbocycles. The summed E-state index contributed by atoms with van der Waals surface area (Å²) in [5.41, 5.74) is 0.832. The summed E-state index contributed by atoms with van der Waals surface area (Å²) in [6.07, 6.45) is 0. The van der Waals surface area contributed by atoms with E-state index in [-0.39, 0.29) is 19.1 Å². The third kappa shape index (κ3) is 2.75. The molecule has 1 unspecified atom stereocenters. The molecule has 0 amide bonds. The number of rotatable bonds is 5. The van der Waals surface area contributed by atoms with Crippen molar-refractivity contribution in [1.82, 2.24) is 0 Å². The van der Waals surface area contributed by atoms with Crippen molar-refractivity contribution in [3.8, 4) is 0 Å². The molecule has 0 aliphatic rings. The van der Waals surface area contributed by atoms with E-state index in [2.05, 4.69) is 4.84 Å². The lowest BCUT2D eigenvalue weighted by molar-refractivity contribution is -0.758. The summed E-state index contributed by atoms with van der Waals surface area (Å²) < 4.78 is 0. The Morgan fingerprint density at radius 2 is 1.94 bits per heavy atom. The molecule has 2 rings (SSSR count). The molecule has 5 nitrogen and oxygen atoms in total. The van der Waals surface area contributed by atoms with Crippen LogP contribution in [0, 0.1) is 10.1 Å². The first kappa shape index (κ1) is 12.3. The first-order valence-corrected chi connectivity index (χ1v) is 5.57. The summed E-state index contributed by atoms with van der Waals surface area (Å²) in [5, 5.41) is 20.7. The molecular weight excluding hydrogens is 234 g/mol. The van der Waals surface area contributed by atoms with Crippen LogP contribution < -0.4 is 0 Å². The van der Waals surface area contributed by atoms with Gasteiger partial charge in [-0.1, -0.05) is 42.5 Å². The Morgan fingerprint density at radius 3 is 2.61 bits per heavy atom. The zero-order chi connectivity index (χ0) is 13.0. The van der Waals surface area contributed by atoms with E-state index in [1.54, 1.807) is 0 Å². The van der Waals surface area contributed by atoms with E-state index in [1.807, 2.05) is 42.5 Å². The van der Waals surface area contributed by atoms with E-state index in [1.165, 1.54) is 0 Å². The quantitative estimate of drug-likeness (QED) is 0.648. The summed E-state index contributed by atoms with van der Waals surface area (Å²) in [5.74, 6) is -0.389. The van der Waals surface area contributed by atoms with Crippen LogP contribution in [0.5, 0.6) is 0 Å². The summed E-state index contributed by atoms with van der Waals surface area (Å²) in [7, 11) is 0. The number of aliphatic hydroxyl groups excluding tert-OH is 1. The number of hydrogen-bond donors (Lipinski definition) is 1. The van der Waals surface area contributed by atoms with Crippen LogP contribution in [0.3, 0.4) is 0 Å². The van der Waals surface area contributed by atoms with Gasteiger partial charge in [-0.15, -0.1) is 10.1 Å². The molecule has 0 saturated carbocycles. The Hall–Kier alpha value is -2.14. The Bertz CT molecular complexity index is 555. The summed E-state index contributed by atoms with van der Waals surface area (Å²) in [6.45, 7) is -0.325. The maximum absolute atomic E-state index is 10.2. The van der Waals surface area contributed by atoms with Crippen LogP contribution in [0.1, 0.15) is 11.5 Å². The molecule has 18 heavy (non-hydrogen) atoms. The van der Waals surface area contributed by atoms with Crippen LogP contribution in [0.2, 0.25) is 0 Å². The SMILES string of the molecule is O=[N+]([O-])OCC(CO)c1ccc2ccccc2c1. The maximum Gasteiger partial charge on any atom is 0.294 e. The molecule has 2 aromatic rings. The second-order valence-corrected chi connectivity index (χ2v) is 4.01. The minimum Gasteiger partial charge on any atom is -0.396 e. The van der Waals surface area contributed by atoms with Gasteiger partial charge in [0.2, 0.25) is 0 Å². The van der Waals surface area contributed by atoms with Gasteiger partial charge < -0.3 is 9.94 Å². The monoisotopic (exact) mass is 247 g/mol. The van der Waals surface area contributed by atoms with Crippen molar-refractivity contribution in [1.29, 1.82) is 0 Å². The molecule has 0 spiro atoms. The van der Waals surface area contributed by atoms with Crippen LogP contribution in [-0.4, -0.2) is 23.4 Å². The van der Waals surface area contributed by atoms with E-state index in [0.29, 0.717) is 0 Å². The van der Waals surface area contributed by atoms with Crippen molar-refractivity contribution in [2.45, 2.75) is 5.92 Å². The molecule has 1 N–H and O–H groups in total. The fraction of sp³-hybridized carbons (Fsp3) is 0.231. The number of hydrogen-bond acceptors (Lipinski definition) is 4. The predicted octanol–water partition coefficient (Wildman–Crippen LogP) is 2.12. The van der Waals surface area contributed by atoms with E-state index in [9.17, 15) is 15.2 Å². The van der Waals surface area contributed by atoms with Gasteiger partial charge in [0.1, 0.15) is 6.61 Å². The molecule has 1 atom stereocenters. The van der Waals surface area contributed by atoms with Crippen molar-refractivity contribution in [2.75, 3.05) is 13.2 Å². The minimum absolute atomic E-state index is 0.137. The average Bonchev–Trinajstić information content (AvgIpc) is 2.39. The average molecular weight is 247 g/mol. The third-order valence-electron chi connectivity index (χ3n) is 2.85. The van der Waals surface area contributed by atoms with Gasteiger partial charge in [0.25, 0.3) is 5.09 Å². The molecule has 0 bridgehead atoms. The van der Waals surface area contributed by atoms with E-state index in [0.717, 1.165) is 16.3 Å². The topological polar surface area (TPSA) is 72.6 Å². The largest absolute Gasteiger partial charge is 0.396 e. The second kappa shape index (κ2) is 5.46. The van der Waals surface area contributed by atoms with Crippen molar-refractivity contribution in [3.63, 3.8) is 0 Å². The minimum atomic E-state index is -0.844. The van der Waals surface area contributed by atoms with Crippen molar-refractivity contribution >= 4 is 10.8 Å². The summed E-state index contributed by atoms with van der Waals surface area (Å²) >= 11 is 0. The fourth-order valence-corrected chi connectivity index (χ4v) is 1.87. The number of fused-ring (bicyclic) bond motifs is 1. The van der Waals surface area contributed by atoms with Crippen molar-refractivity contribution in [3.05, 3.63) is 58.1 Å². The lowest BCUT2D eigenvalue weighted by Gasteiger charge is -2.13. The molecule has 0 fully saturated rings. The zero-order valence-corrected chi connectivity index (χ0v) is 9.65. The zero-order valence-electron chi connectivity index (χ0n) is 9.65. The van der Waals surface area contributed by atoms with Gasteiger partial charge in [0.15, 0.2) is 0 Å². The first-order valence-electron chi connectivity index (χ1n) is 5.57. The lowest BCUT2D eigenvalue weighted by atomic mass is 9.97. The Morgan fingerprint density at radius 1 is 1.22 bits per heavy atom. The van der Waals surface area contributed by atoms with Crippen LogP contribution in [-0.2, 0) is 4.84 Å². The van der Waals surface area contributed by atoms with Crippen LogP contribution in [0.4, 0.5) is 0 Å². The molecule has 0 saturated heterocycles. The van der Waals surface area contributed by atoms with Gasteiger partial charge in [0.05, 0.1) is 6.61 Å². The summed E-state index contributed by atoms with van der Waals surface area (Å²) in [6, 6.07) is 13.5. The van der Waals surface area contributed by atoms with Gasteiger partial charge >= 0.3 is 0 Å². The lowest BCUT2D eigenvalue weighted by Crippen LogP contribution is -2.14. The standard InChI is InChI=1S/C13H13NO4/c15-8-13(9-18-14(16)17)12-6-5-10-3-1-2-4-11(10)7-12/h1-7,13,15H,8-9H2. The van der Waals surface area contributed by atoms with E-state index in [4.69, 9.17) is 0 Å². The van der Waals surface area contributed by atoms with Crippen molar-refractivity contribution < 1.29 is 15.0 Å². The van der Waals surface area contributed by atoms with E-state index < -0.39 is 5.09 Å². The Labute approximate surface area is 104 Å². The Kier molecular flexibility index (Phi) is 3.74. The number of nitrogens with zero attached hydrogens (tertiary/aromatic N) is 1. The maximum atomic E-state index is 10.2. The molecule has 0 aromatic heterocycles. The fourth-order valence-electron chi connectivity index (χ4n) is 1.87. The molecule has 0 aliphatic carbocycles. The third-order valence-corrected chi connectivity index (χ3v) is 2.85. The first-order chi connectivity index (χ1) is 8.70. The highest BCUT2D eigenvalue weighted by molar-refractivity contribution is 5.83. The molecule has 0 radical (unpaired) electrons. The van der Waals surface area contributed by atoms with Crippen LogP contribution in [0.15, 0.2) is 42.5 Å². The summed E-state index contributed by atoms with van der Waals surface area (Å²) in [4.78, 5) is 14.5. The van der Waals surface area contributed by atoms with Crippen LogP contribution >= 0.6 is 0 Å². The molecule has 94 valence electrons. The van der Waals surface area contributed by atoms with Gasteiger partial charge in [-0.05, 0) is 16.3 Å². The molecule has 5 heteroatoms. The Balaban J connectivity index is 2.24. The molecule has 0 aliphatic heterocycles. The molecule has 0 heterocycles. The predicted molar refractivity (Wildman–Crippen MR) is 66.7 cm³/mol. The van der Waals surface area contributed by atoms with Gasteiger partial charge in [-0.3, -0.25) is 0 Å². The van der Waals surface area contributed by atoms with Gasteiger partial charge in [0, 0.05) is 5.92 Å². The highest BCUT2D eigenvalue weighted by Crippen LogP contribution is 2.22. The smallest absolute Gasteiger partial charge is 0.294 e. The number of aliphatic hydroxyl groups is 1. The van der Waals surface area contributed by atoms with Crippen LogP contribution in [0.25, 0.3) is 10.8 Å². The van der Waals surface area contributed by atoms with Crippen molar-refractivity contribution in [2.24, 2.45) is 0 Å². The van der Waals surface area contributed by atoms with E-state index >= 15 is 0 Å². The highest BCUT2D eigenvalue weighted by Gasteiger charge is 2.13. The van der Waals surface area contributed by atoms with Gasteiger partial charge in [-0.25, -0.2) is 0 Å². The second-order valence-electron chi connectivity index (χ2n) is 4.01.